The summed E-state index contributed by atoms with van der Waals surface area (Å²) >= 11 is 1.54. The van der Waals surface area contributed by atoms with Gasteiger partial charge in [0.05, 0.1) is 16.6 Å². The van der Waals surface area contributed by atoms with Gasteiger partial charge in [0, 0.05) is 24.5 Å². The third-order valence-electron chi connectivity index (χ3n) is 3.19. The summed E-state index contributed by atoms with van der Waals surface area (Å²) in [7, 11) is 0. The molecule has 1 amide bonds. The predicted octanol–water partition coefficient (Wildman–Crippen LogP) is 1.79. The number of aliphatic carboxylic acids is 1. The highest BCUT2D eigenvalue weighted by Gasteiger charge is 2.25. The van der Waals surface area contributed by atoms with Gasteiger partial charge in [0.25, 0.3) is 0 Å². The van der Waals surface area contributed by atoms with Crippen LogP contribution in [-0.2, 0) is 9.59 Å². The Labute approximate surface area is 115 Å². The Morgan fingerprint density at radius 3 is 2.68 bits per heavy atom. The summed E-state index contributed by atoms with van der Waals surface area (Å²) < 4.78 is 0. The smallest absolute Gasteiger partial charge is 0.306 e. The highest BCUT2D eigenvalue weighted by molar-refractivity contribution is 7.09. The first kappa shape index (κ1) is 13.7. The molecule has 6 heteroatoms. The molecule has 1 aliphatic heterocycles. The van der Waals surface area contributed by atoms with Crippen molar-refractivity contribution in [1.29, 1.82) is 0 Å². The van der Waals surface area contributed by atoms with E-state index in [1.165, 1.54) is 6.08 Å². The number of aryl methyl sites for hydroxylation is 1. The number of carbonyl (C=O) groups is 2. The number of nitrogens with zero attached hydrogens (tertiary/aromatic N) is 2. The van der Waals surface area contributed by atoms with Crippen molar-refractivity contribution in [1.82, 2.24) is 9.88 Å². The molecule has 0 bridgehead atoms. The number of likely N-dealkylation sites (tertiary alicyclic amines) is 1. The lowest BCUT2D eigenvalue weighted by molar-refractivity contribution is -0.144. The van der Waals surface area contributed by atoms with Crippen LogP contribution in [0.3, 0.4) is 0 Å². The van der Waals surface area contributed by atoms with Crippen LogP contribution in [0.1, 0.15) is 23.5 Å². The molecule has 0 radical (unpaired) electrons. The van der Waals surface area contributed by atoms with Crippen LogP contribution in [0.15, 0.2) is 11.5 Å². The van der Waals surface area contributed by atoms with Gasteiger partial charge in [-0.15, -0.1) is 11.3 Å². The first-order valence-electron chi connectivity index (χ1n) is 6.18. The number of carboxylic acid groups (broad SMARTS) is 1. The van der Waals surface area contributed by atoms with Crippen LogP contribution in [-0.4, -0.2) is 40.0 Å². The number of aromatic nitrogens is 1. The standard InChI is InChI=1S/C13H16N2O3S/c1-9-14-11(8-19-9)2-3-12(16)15-6-4-10(5-7-15)13(17)18/h2-3,8,10H,4-7H2,1H3,(H,17,18). The highest BCUT2D eigenvalue weighted by atomic mass is 32.1. The Morgan fingerprint density at radius 2 is 2.16 bits per heavy atom. The maximum absolute atomic E-state index is 11.9. The second kappa shape index (κ2) is 5.97. The molecule has 2 heterocycles. The van der Waals surface area contributed by atoms with Crippen LogP contribution in [0.4, 0.5) is 0 Å². The van der Waals surface area contributed by atoms with Gasteiger partial charge in [0.15, 0.2) is 0 Å². The largest absolute Gasteiger partial charge is 0.481 e. The number of hydrogen-bond acceptors (Lipinski definition) is 4. The van der Waals surface area contributed by atoms with E-state index >= 15 is 0 Å². The molecule has 1 fully saturated rings. The summed E-state index contributed by atoms with van der Waals surface area (Å²) in [5.74, 6) is -1.15. The number of carbonyl (C=O) groups excluding carboxylic acids is 1. The maximum atomic E-state index is 11.9. The first-order valence-corrected chi connectivity index (χ1v) is 7.06. The quantitative estimate of drug-likeness (QED) is 0.857. The van der Waals surface area contributed by atoms with Crippen LogP contribution in [0.2, 0.25) is 0 Å². The van der Waals surface area contributed by atoms with E-state index in [0.717, 1.165) is 10.7 Å². The number of rotatable bonds is 3. The monoisotopic (exact) mass is 280 g/mol. The molecule has 0 atom stereocenters. The minimum Gasteiger partial charge on any atom is -0.481 e. The van der Waals surface area contributed by atoms with Gasteiger partial charge in [-0.1, -0.05) is 0 Å². The molecule has 2 rings (SSSR count). The number of amides is 1. The van der Waals surface area contributed by atoms with Gasteiger partial charge in [0.1, 0.15) is 0 Å². The van der Waals surface area contributed by atoms with Crippen molar-refractivity contribution < 1.29 is 14.7 Å². The second-order valence-corrected chi connectivity index (χ2v) is 5.62. The van der Waals surface area contributed by atoms with E-state index in [1.807, 2.05) is 12.3 Å². The van der Waals surface area contributed by atoms with E-state index in [1.54, 1.807) is 22.3 Å². The summed E-state index contributed by atoms with van der Waals surface area (Å²) in [6.45, 7) is 2.94. The molecule has 5 nitrogen and oxygen atoms in total. The first-order chi connectivity index (χ1) is 9.06. The van der Waals surface area contributed by atoms with Gasteiger partial charge < -0.3 is 10.0 Å². The molecule has 1 saturated heterocycles. The molecule has 1 aromatic heterocycles. The Balaban J connectivity index is 1.88. The minimum absolute atomic E-state index is 0.0745. The number of hydrogen-bond donors (Lipinski definition) is 1. The Morgan fingerprint density at radius 1 is 1.47 bits per heavy atom. The van der Waals surface area contributed by atoms with Crippen LogP contribution >= 0.6 is 11.3 Å². The van der Waals surface area contributed by atoms with Gasteiger partial charge in [-0.2, -0.15) is 0 Å². The Hall–Kier alpha value is -1.69. The average molecular weight is 280 g/mol. The molecule has 0 spiro atoms. The molecule has 19 heavy (non-hydrogen) atoms. The fraction of sp³-hybridized carbons (Fsp3) is 0.462. The van der Waals surface area contributed by atoms with E-state index in [9.17, 15) is 9.59 Å². The molecule has 0 unspecified atom stereocenters. The fourth-order valence-corrected chi connectivity index (χ4v) is 2.65. The summed E-state index contributed by atoms with van der Waals surface area (Å²) in [5.41, 5.74) is 0.788. The van der Waals surface area contributed by atoms with Crippen molar-refractivity contribution in [3.63, 3.8) is 0 Å². The summed E-state index contributed by atoms with van der Waals surface area (Å²) in [5, 5.41) is 11.8. The van der Waals surface area contributed by atoms with Crippen LogP contribution in [0.25, 0.3) is 6.08 Å². The second-order valence-electron chi connectivity index (χ2n) is 4.56. The molecule has 0 aliphatic carbocycles. The normalized spacial score (nSPS) is 17.0. The molecule has 1 aliphatic rings. The topological polar surface area (TPSA) is 70.5 Å². The molecular formula is C13H16N2O3S. The lowest BCUT2D eigenvalue weighted by Crippen LogP contribution is -2.39. The fourth-order valence-electron chi connectivity index (χ4n) is 2.07. The van der Waals surface area contributed by atoms with Crippen LogP contribution in [0, 0.1) is 12.8 Å². The van der Waals surface area contributed by atoms with E-state index in [2.05, 4.69) is 4.98 Å². The van der Waals surface area contributed by atoms with Crippen LogP contribution < -0.4 is 0 Å². The number of thiazole rings is 1. The zero-order valence-electron chi connectivity index (χ0n) is 10.7. The summed E-state index contributed by atoms with van der Waals surface area (Å²) in [6, 6.07) is 0. The molecule has 102 valence electrons. The van der Waals surface area contributed by atoms with Crippen LogP contribution in [0.5, 0.6) is 0 Å². The van der Waals surface area contributed by atoms with Crippen molar-refractivity contribution >= 4 is 29.3 Å². The summed E-state index contributed by atoms with van der Waals surface area (Å²) in [4.78, 5) is 28.7. The Kier molecular flexibility index (Phi) is 4.31. The molecule has 0 saturated carbocycles. The van der Waals surface area contributed by atoms with E-state index in [0.29, 0.717) is 25.9 Å². The molecule has 0 aromatic carbocycles. The van der Waals surface area contributed by atoms with Crippen molar-refractivity contribution in [3.8, 4) is 0 Å². The lowest BCUT2D eigenvalue weighted by Gasteiger charge is -2.29. The third-order valence-corrected chi connectivity index (χ3v) is 3.98. The van der Waals surface area contributed by atoms with Crippen molar-refractivity contribution in [3.05, 3.63) is 22.2 Å². The minimum atomic E-state index is -0.763. The van der Waals surface area contributed by atoms with E-state index < -0.39 is 5.97 Å². The lowest BCUT2D eigenvalue weighted by atomic mass is 9.97. The van der Waals surface area contributed by atoms with Gasteiger partial charge in [-0.25, -0.2) is 4.98 Å². The SMILES string of the molecule is Cc1nc(C=CC(=O)N2CCC(C(=O)O)CC2)cs1. The number of piperidine rings is 1. The van der Waals surface area contributed by atoms with Gasteiger partial charge >= 0.3 is 5.97 Å². The zero-order chi connectivity index (χ0) is 13.8. The molecule has 1 N–H and O–H groups in total. The van der Waals surface area contributed by atoms with E-state index in [4.69, 9.17) is 5.11 Å². The third kappa shape index (κ3) is 3.64. The highest BCUT2D eigenvalue weighted by Crippen LogP contribution is 2.17. The number of carboxylic acids is 1. The van der Waals surface area contributed by atoms with E-state index in [-0.39, 0.29) is 11.8 Å². The zero-order valence-corrected chi connectivity index (χ0v) is 11.5. The molecular weight excluding hydrogens is 264 g/mol. The summed E-state index contributed by atoms with van der Waals surface area (Å²) in [6.07, 6.45) is 4.28. The van der Waals surface area contributed by atoms with Gasteiger partial charge in [-0.05, 0) is 25.8 Å². The van der Waals surface area contributed by atoms with Gasteiger partial charge in [-0.3, -0.25) is 9.59 Å². The predicted molar refractivity (Wildman–Crippen MR) is 72.8 cm³/mol. The Bertz CT molecular complexity index is 502. The molecule has 1 aromatic rings. The van der Waals surface area contributed by atoms with Crippen molar-refractivity contribution in [2.75, 3.05) is 13.1 Å². The van der Waals surface area contributed by atoms with Crippen molar-refractivity contribution in [2.45, 2.75) is 19.8 Å². The van der Waals surface area contributed by atoms with Crippen molar-refractivity contribution in [2.24, 2.45) is 5.92 Å². The average Bonchev–Trinajstić information content (AvgIpc) is 2.82. The van der Waals surface area contributed by atoms with Gasteiger partial charge in [0.2, 0.25) is 5.91 Å². The maximum Gasteiger partial charge on any atom is 0.306 e.